The normalized spacial score (nSPS) is 13.9. The number of ether oxygens (including phenoxy) is 1. The van der Waals surface area contributed by atoms with Crippen molar-refractivity contribution in [1.29, 1.82) is 0 Å². The number of nitrogens with one attached hydrogen (secondary N) is 1. The molecule has 0 amide bonds. The molecule has 0 bridgehead atoms. The van der Waals surface area contributed by atoms with Crippen molar-refractivity contribution in [3.63, 3.8) is 0 Å². The number of fused-ring (bicyclic) bond motifs is 3. The second-order valence-electron chi connectivity index (χ2n) is 7.62. The first-order valence-electron chi connectivity index (χ1n) is 10.1. The Hall–Kier alpha value is -3.40. The maximum absolute atomic E-state index is 12.6. The maximum Gasteiger partial charge on any atom is 0.338 e. The van der Waals surface area contributed by atoms with E-state index in [0.717, 1.165) is 27.4 Å². The van der Waals surface area contributed by atoms with Crippen LogP contribution in [0.15, 0.2) is 73.1 Å². The van der Waals surface area contributed by atoms with Gasteiger partial charge in [0.1, 0.15) is 6.61 Å². The summed E-state index contributed by atoms with van der Waals surface area (Å²) in [5.74, 6) is -0.310. The number of pyridine rings is 1. The zero-order valence-corrected chi connectivity index (χ0v) is 16.1. The van der Waals surface area contributed by atoms with Crippen LogP contribution in [0.3, 0.4) is 0 Å². The van der Waals surface area contributed by atoms with E-state index < -0.39 is 0 Å². The van der Waals surface area contributed by atoms with E-state index >= 15 is 0 Å². The van der Waals surface area contributed by atoms with E-state index in [1.54, 1.807) is 0 Å². The molecule has 1 heterocycles. The largest absolute Gasteiger partial charge is 0.457 e. The molecule has 5 rings (SSSR count). The number of hydrogen-bond donors (Lipinski definition) is 1. The van der Waals surface area contributed by atoms with Crippen LogP contribution in [0.2, 0.25) is 0 Å². The molecule has 0 atom stereocenters. The Kier molecular flexibility index (Phi) is 4.60. The first-order chi connectivity index (χ1) is 14.3. The van der Waals surface area contributed by atoms with Crippen molar-refractivity contribution in [2.75, 3.05) is 5.32 Å². The first kappa shape index (κ1) is 17.7. The second kappa shape index (κ2) is 7.55. The van der Waals surface area contributed by atoms with Gasteiger partial charge in [0, 0.05) is 34.9 Å². The molecular weight excluding hydrogens is 360 g/mol. The third-order valence-corrected chi connectivity index (χ3v) is 5.67. The fourth-order valence-corrected chi connectivity index (χ4v) is 3.83. The number of carbonyl (C=O) groups is 1. The minimum absolute atomic E-state index is 0.272. The van der Waals surface area contributed by atoms with Crippen LogP contribution < -0.4 is 5.32 Å². The minimum Gasteiger partial charge on any atom is -0.457 e. The average molecular weight is 382 g/mol. The molecule has 4 nitrogen and oxygen atoms in total. The zero-order chi connectivity index (χ0) is 19.6. The quantitative estimate of drug-likeness (QED) is 0.355. The molecule has 144 valence electrons. The summed E-state index contributed by atoms with van der Waals surface area (Å²) >= 11 is 0. The molecule has 1 saturated carbocycles. The number of benzene rings is 3. The Morgan fingerprint density at radius 3 is 2.66 bits per heavy atom. The van der Waals surface area contributed by atoms with E-state index in [0.29, 0.717) is 11.6 Å². The van der Waals surface area contributed by atoms with E-state index in [1.165, 1.54) is 24.6 Å². The number of rotatable bonds is 5. The molecule has 1 aromatic heterocycles. The molecule has 0 spiro atoms. The van der Waals surface area contributed by atoms with Gasteiger partial charge in [-0.1, -0.05) is 36.4 Å². The number of anilines is 1. The van der Waals surface area contributed by atoms with Crippen LogP contribution in [0, 0.1) is 0 Å². The van der Waals surface area contributed by atoms with Crippen molar-refractivity contribution in [1.82, 2.24) is 4.98 Å². The summed E-state index contributed by atoms with van der Waals surface area (Å²) in [6, 6.07) is 20.2. The van der Waals surface area contributed by atoms with Crippen LogP contribution >= 0.6 is 0 Å². The Bertz CT molecular complexity index is 1180. The van der Waals surface area contributed by atoms with Crippen LogP contribution in [0.5, 0.6) is 0 Å². The molecule has 4 heteroatoms. The Morgan fingerprint density at radius 1 is 1.00 bits per heavy atom. The Morgan fingerprint density at radius 2 is 1.86 bits per heavy atom. The van der Waals surface area contributed by atoms with Gasteiger partial charge in [0.05, 0.1) is 5.56 Å². The van der Waals surface area contributed by atoms with Crippen LogP contribution in [0.1, 0.15) is 35.2 Å². The standard InChI is InChI=1S/C25H22N2O2/c28-25(29-16-17-5-2-1-3-6-17)18-9-10-21-19(13-18)14-24(27-20-7-4-8-20)22-11-12-26-15-23(21)22/h1-3,5-6,9-15,20,27H,4,7-8,16H2. The third-order valence-electron chi connectivity index (χ3n) is 5.67. The maximum atomic E-state index is 12.6. The fraction of sp³-hybridized carbons (Fsp3) is 0.200. The van der Waals surface area contributed by atoms with Gasteiger partial charge in [-0.2, -0.15) is 0 Å². The van der Waals surface area contributed by atoms with Crippen molar-refractivity contribution in [3.05, 3.63) is 84.2 Å². The van der Waals surface area contributed by atoms with E-state index in [-0.39, 0.29) is 12.6 Å². The van der Waals surface area contributed by atoms with Gasteiger partial charge in [-0.05, 0) is 59.9 Å². The highest BCUT2D eigenvalue weighted by molar-refractivity contribution is 6.13. The van der Waals surface area contributed by atoms with Crippen LogP contribution in [-0.2, 0) is 11.3 Å². The van der Waals surface area contributed by atoms with Gasteiger partial charge in [0.25, 0.3) is 0 Å². The van der Waals surface area contributed by atoms with Gasteiger partial charge >= 0.3 is 5.97 Å². The fourth-order valence-electron chi connectivity index (χ4n) is 3.83. The molecule has 1 N–H and O–H groups in total. The number of hydrogen-bond acceptors (Lipinski definition) is 4. The van der Waals surface area contributed by atoms with Gasteiger partial charge in [0.2, 0.25) is 0 Å². The van der Waals surface area contributed by atoms with Gasteiger partial charge in [0.15, 0.2) is 0 Å². The van der Waals surface area contributed by atoms with Crippen molar-refractivity contribution >= 4 is 33.2 Å². The highest BCUT2D eigenvalue weighted by Gasteiger charge is 2.19. The highest BCUT2D eigenvalue weighted by atomic mass is 16.5. The summed E-state index contributed by atoms with van der Waals surface area (Å²) in [4.78, 5) is 16.9. The lowest BCUT2D eigenvalue weighted by Crippen LogP contribution is -2.27. The molecule has 1 aliphatic carbocycles. The van der Waals surface area contributed by atoms with Crippen LogP contribution in [0.25, 0.3) is 21.5 Å². The highest BCUT2D eigenvalue weighted by Crippen LogP contribution is 2.34. The van der Waals surface area contributed by atoms with Crippen molar-refractivity contribution in [3.8, 4) is 0 Å². The predicted molar refractivity (Wildman–Crippen MR) is 116 cm³/mol. The summed E-state index contributed by atoms with van der Waals surface area (Å²) in [7, 11) is 0. The third kappa shape index (κ3) is 3.54. The number of aromatic nitrogens is 1. The molecule has 0 radical (unpaired) electrons. The molecule has 1 aliphatic rings. The molecule has 3 aromatic carbocycles. The first-order valence-corrected chi connectivity index (χ1v) is 10.1. The van der Waals surface area contributed by atoms with Gasteiger partial charge in [-0.3, -0.25) is 4.98 Å². The lowest BCUT2D eigenvalue weighted by Gasteiger charge is -2.28. The molecule has 4 aromatic rings. The van der Waals surface area contributed by atoms with Gasteiger partial charge in [-0.15, -0.1) is 0 Å². The van der Waals surface area contributed by atoms with Crippen molar-refractivity contribution in [2.45, 2.75) is 31.9 Å². The number of esters is 1. The van der Waals surface area contributed by atoms with E-state index in [9.17, 15) is 4.79 Å². The SMILES string of the molecule is O=C(OCc1ccccc1)c1ccc2c(c1)cc(NC1CCC1)c1ccncc12. The number of carbonyl (C=O) groups excluding carboxylic acids is 1. The Labute approximate surface area is 169 Å². The molecule has 1 fully saturated rings. The second-order valence-corrected chi connectivity index (χ2v) is 7.62. The Balaban J connectivity index is 1.48. The van der Waals surface area contributed by atoms with Gasteiger partial charge in [-0.25, -0.2) is 4.79 Å². The summed E-state index contributed by atoms with van der Waals surface area (Å²) in [6.45, 7) is 0.272. The van der Waals surface area contributed by atoms with Gasteiger partial charge < -0.3 is 10.1 Å². The minimum atomic E-state index is -0.310. The topological polar surface area (TPSA) is 51.2 Å². The summed E-state index contributed by atoms with van der Waals surface area (Å²) in [6.07, 6.45) is 7.42. The zero-order valence-electron chi connectivity index (χ0n) is 16.1. The van der Waals surface area contributed by atoms with Crippen molar-refractivity contribution in [2.24, 2.45) is 0 Å². The predicted octanol–water partition coefficient (Wildman–Crippen LogP) is 5.71. The smallest absolute Gasteiger partial charge is 0.338 e. The summed E-state index contributed by atoms with van der Waals surface area (Å²) in [5.41, 5.74) is 2.64. The molecular formula is C25H22N2O2. The summed E-state index contributed by atoms with van der Waals surface area (Å²) < 4.78 is 5.50. The molecule has 0 aliphatic heterocycles. The van der Waals surface area contributed by atoms with Crippen molar-refractivity contribution < 1.29 is 9.53 Å². The molecule has 0 unspecified atom stereocenters. The monoisotopic (exact) mass is 382 g/mol. The average Bonchev–Trinajstić information content (AvgIpc) is 2.74. The molecule has 29 heavy (non-hydrogen) atoms. The van der Waals surface area contributed by atoms with E-state index in [4.69, 9.17) is 4.74 Å². The summed E-state index contributed by atoms with van der Waals surface area (Å²) in [5, 5.41) is 8.03. The lowest BCUT2D eigenvalue weighted by molar-refractivity contribution is 0.0473. The van der Waals surface area contributed by atoms with Crippen LogP contribution in [-0.4, -0.2) is 17.0 Å². The number of nitrogens with zero attached hydrogens (tertiary/aromatic N) is 1. The molecule has 0 saturated heterocycles. The van der Waals surface area contributed by atoms with E-state index in [2.05, 4.69) is 22.4 Å². The lowest BCUT2D eigenvalue weighted by atomic mass is 9.92. The van der Waals surface area contributed by atoms with E-state index in [1.807, 2.05) is 60.9 Å². The van der Waals surface area contributed by atoms with Crippen LogP contribution in [0.4, 0.5) is 5.69 Å².